The molecule has 0 radical (unpaired) electrons. The molecule has 0 aromatic rings. The first-order chi connectivity index (χ1) is 8.87. The zero-order valence-corrected chi connectivity index (χ0v) is 12.4. The van der Waals surface area contributed by atoms with E-state index in [1.54, 1.807) is 0 Å². The fourth-order valence-electron chi connectivity index (χ4n) is 2.91. The number of hydrogen-bond acceptors (Lipinski definition) is 3. The van der Waals surface area contributed by atoms with Gasteiger partial charge in [0.05, 0.1) is 6.10 Å². The smallest absolute Gasteiger partial charge is 0.410 e. The van der Waals surface area contributed by atoms with Gasteiger partial charge in [-0.3, -0.25) is 0 Å². The van der Waals surface area contributed by atoms with E-state index < -0.39 is 5.60 Å². The third-order valence-electron chi connectivity index (χ3n) is 4.13. The Bertz CT molecular complexity index is 312. The van der Waals surface area contributed by atoms with E-state index in [1.165, 1.54) is 6.42 Å². The third kappa shape index (κ3) is 3.85. The van der Waals surface area contributed by atoms with Gasteiger partial charge in [0, 0.05) is 12.1 Å². The molecular formula is C15H27NO3. The van der Waals surface area contributed by atoms with Crippen molar-refractivity contribution in [2.24, 2.45) is 0 Å². The first-order valence-electron chi connectivity index (χ1n) is 7.56. The summed E-state index contributed by atoms with van der Waals surface area (Å²) >= 11 is 0. The van der Waals surface area contributed by atoms with Crippen LogP contribution in [0.25, 0.3) is 0 Å². The molecule has 1 N–H and O–H groups in total. The molecule has 2 aliphatic carbocycles. The Labute approximate surface area is 116 Å². The molecular weight excluding hydrogens is 242 g/mol. The largest absolute Gasteiger partial charge is 0.444 e. The van der Waals surface area contributed by atoms with Crippen molar-refractivity contribution in [3.05, 3.63) is 0 Å². The minimum atomic E-state index is -0.437. The van der Waals surface area contributed by atoms with Crippen LogP contribution >= 0.6 is 0 Å². The fourth-order valence-corrected chi connectivity index (χ4v) is 2.91. The Morgan fingerprint density at radius 1 is 1.05 bits per heavy atom. The highest BCUT2D eigenvalue weighted by Crippen LogP contribution is 2.33. The summed E-state index contributed by atoms with van der Waals surface area (Å²) in [5.74, 6) is 0. The first-order valence-corrected chi connectivity index (χ1v) is 7.56. The Kier molecular flexibility index (Phi) is 4.39. The highest BCUT2D eigenvalue weighted by atomic mass is 16.6. The second-order valence-electron chi connectivity index (χ2n) is 6.93. The standard InChI is InChI=1S/C15H27NO3/c1-15(2,3)19-14(18)16(11-5-4-6-11)12-7-9-13(17)10-8-12/h11-13,17H,4-10H2,1-3H3. The molecule has 0 atom stereocenters. The molecule has 2 aliphatic rings. The molecule has 0 unspecified atom stereocenters. The highest BCUT2D eigenvalue weighted by Gasteiger charge is 2.38. The molecule has 1 amide bonds. The van der Waals surface area contributed by atoms with Crippen molar-refractivity contribution in [2.75, 3.05) is 0 Å². The van der Waals surface area contributed by atoms with Crippen LogP contribution < -0.4 is 0 Å². The second kappa shape index (κ2) is 5.70. The lowest BCUT2D eigenvalue weighted by molar-refractivity contribution is -0.0187. The third-order valence-corrected chi connectivity index (χ3v) is 4.13. The van der Waals surface area contributed by atoms with Crippen molar-refractivity contribution >= 4 is 6.09 Å². The molecule has 0 aromatic heterocycles. The van der Waals surface area contributed by atoms with Crippen LogP contribution in [0.15, 0.2) is 0 Å². The van der Waals surface area contributed by atoms with E-state index in [1.807, 2.05) is 25.7 Å². The molecule has 0 aromatic carbocycles. The van der Waals surface area contributed by atoms with Crippen molar-refractivity contribution in [3.8, 4) is 0 Å². The van der Waals surface area contributed by atoms with Crippen LogP contribution in [0.1, 0.15) is 65.7 Å². The van der Waals surface area contributed by atoms with Crippen molar-refractivity contribution in [1.82, 2.24) is 4.90 Å². The van der Waals surface area contributed by atoms with Gasteiger partial charge in [0.25, 0.3) is 0 Å². The molecule has 4 nitrogen and oxygen atoms in total. The summed E-state index contributed by atoms with van der Waals surface area (Å²) in [7, 11) is 0. The van der Waals surface area contributed by atoms with E-state index >= 15 is 0 Å². The quantitative estimate of drug-likeness (QED) is 0.838. The lowest BCUT2D eigenvalue weighted by atomic mass is 9.86. The summed E-state index contributed by atoms with van der Waals surface area (Å²) < 4.78 is 5.56. The SMILES string of the molecule is CC(C)(C)OC(=O)N(C1CCC1)C1CCC(O)CC1. The molecule has 0 bridgehead atoms. The minimum absolute atomic E-state index is 0.168. The van der Waals surface area contributed by atoms with Crippen molar-refractivity contribution in [2.45, 2.75) is 89.5 Å². The van der Waals surface area contributed by atoms with Gasteiger partial charge in [0.1, 0.15) is 5.60 Å². The van der Waals surface area contributed by atoms with Gasteiger partial charge in [-0.25, -0.2) is 4.79 Å². The van der Waals surface area contributed by atoms with Crippen LogP contribution in [0.4, 0.5) is 4.79 Å². The normalized spacial score (nSPS) is 28.6. The Morgan fingerprint density at radius 2 is 1.58 bits per heavy atom. The molecule has 0 saturated heterocycles. The molecule has 0 spiro atoms. The van der Waals surface area contributed by atoms with E-state index in [4.69, 9.17) is 4.74 Å². The van der Waals surface area contributed by atoms with Gasteiger partial charge in [0.15, 0.2) is 0 Å². The predicted octanol–water partition coefficient (Wildman–Crippen LogP) is 3.08. The number of hydrogen-bond donors (Lipinski definition) is 1. The maximum absolute atomic E-state index is 12.4. The zero-order chi connectivity index (χ0) is 14.0. The number of aliphatic hydroxyl groups is 1. The topological polar surface area (TPSA) is 49.8 Å². The summed E-state index contributed by atoms with van der Waals surface area (Å²) in [6.07, 6.45) is 6.45. The van der Waals surface area contributed by atoms with Crippen LogP contribution in [0.2, 0.25) is 0 Å². The van der Waals surface area contributed by atoms with Crippen LogP contribution in [0, 0.1) is 0 Å². The predicted molar refractivity (Wildman–Crippen MR) is 74.0 cm³/mol. The van der Waals surface area contributed by atoms with E-state index in [-0.39, 0.29) is 18.2 Å². The van der Waals surface area contributed by atoms with Crippen molar-refractivity contribution < 1.29 is 14.6 Å². The number of ether oxygens (including phenoxy) is 1. The maximum atomic E-state index is 12.4. The summed E-state index contributed by atoms with van der Waals surface area (Å²) in [5.41, 5.74) is -0.437. The average molecular weight is 269 g/mol. The number of amides is 1. The molecule has 2 rings (SSSR count). The summed E-state index contributed by atoms with van der Waals surface area (Å²) in [6, 6.07) is 0.610. The van der Waals surface area contributed by atoms with Crippen LogP contribution in [0.3, 0.4) is 0 Å². The van der Waals surface area contributed by atoms with E-state index in [0.29, 0.717) is 6.04 Å². The average Bonchev–Trinajstić information content (AvgIpc) is 2.22. The van der Waals surface area contributed by atoms with Crippen LogP contribution in [-0.4, -0.2) is 39.9 Å². The van der Waals surface area contributed by atoms with Crippen LogP contribution in [-0.2, 0) is 4.74 Å². The summed E-state index contributed by atoms with van der Waals surface area (Å²) in [6.45, 7) is 5.73. The molecule has 19 heavy (non-hydrogen) atoms. The van der Waals surface area contributed by atoms with E-state index in [9.17, 15) is 9.90 Å². The molecule has 110 valence electrons. The Morgan fingerprint density at radius 3 is 2.00 bits per heavy atom. The van der Waals surface area contributed by atoms with Crippen molar-refractivity contribution in [1.29, 1.82) is 0 Å². The summed E-state index contributed by atoms with van der Waals surface area (Å²) in [5, 5.41) is 9.61. The number of nitrogens with zero attached hydrogens (tertiary/aromatic N) is 1. The molecule has 0 aliphatic heterocycles. The lowest BCUT2D eigenvalue weighted by Gasteiger charge is -2.44. The Hall–Kier alpha value is -0.770. The molecule has 4 heteroatoms. The van der Waals surface area contributed by atoms with Gasteiger partial charge in [-0.1, -0.05) is 0 Å². The second-order valence-corrected chi connectivity index (χ2v) is 6.93. The van der Waals surface area contributed by atoms with Gasteiger partial charge in [-0.2, -0.15) is 0 Å². The first kappa shape index (κ1) is 14.6. The number of rotatable bonds is 2. The van der Waals surface area contributed by atoms with E-state index in [0.717, 1.165) is 38.5 Å². The number of carbonyl (C=O) groups is 1. The zero-order valence-electron chi connectivity index (χ0n) is 12.4. The lowest BCUT2D eigenvalue weighted by Crippen LogP contribution is -2.52. The fraction of sp³-hybridized carbons (Fsp3) is 0.933. The monoisotopic (exact) mass is 269 g/mol. The number of carbonyl (C=O) groups excluding carboxylic acids is 1. The molecule has 2 saturated carbocycles. The summed E-state index contributed by atoms with van der Waals surface area (Å²) in [4.78, 5) is 14.4. The van der Waals surface area contributed by atoms with Gasteiger partial charge in [-0.15, -0.1) is 0 Å². The molecule has 0 heterocycles. The van der Waals surface area contributed by atoms with Crippen molar-refractivity contribution in [3.63, 3.8) is 0 Å². The van der Waals surface area contributed by atoms with E-state index in [2.05, 4.69) is 0 Å². The molecule has 2 fully saturated rings. The van der Waals surface area contributed by atoms with Crippen LogP contribution in [0.5, 0.6) is 0 Å². The van der Waals surface area contributed by atoms with Gasteiger partial charge < -0.3 is 14.7 Å². The highest BCUT2D eigenvalue weighted by molar-refractivity contribution is 5.69. The Balaban J connectivity index is 2.01. The minimum Gasteiger partial charge on any atom is -0.444 e. The van der Waals surface area contributed by atoms with Gasteiger partial charge >= 0.3 is 6.09 Å². The van der Waals surface area contributed by atoms with Gasteiger partial charge in [-0.05, 0) is 65.7 Å². The number of aliphatic hydroxyl groups excluding tert-OH is 1. The maximum Gasteiger partial charge on any atom is 0.410 e. The van der Waals surface area contributed by atoms with Gasteiger partial charge in [0.2, 0.25) is 0 Å².